The van der Waals surface area contributed by atoms with Crippen LogP contribution >= 0.6 is 54.8 Å². The summed E-state index contributed by atoms with van der Waals surface area (Å²) in [6.07, 6.45) is 0. The molecule has 0 bridgehead atoms. The van der Waals surface area contributed by atoms with Crippen molar-refractivity contribution < 1.29 is 4.52 Å². The Hall–Kier alpha value is -0.820. The number of nitrogens with two attached hydrogens (primary N) is 1. The van der Waals surface area contributed by atoms with E-state index in [9.17, 15) is 0 Å². The van der Waals surface area contributed by atoms with Gasteiger partial charge in [0.1, 0.15) is 0 Å². The number of nitrogens with zero attached hydrogens (tertiary/aromatic N) is 1. The number of hydrogen-bond donors (Lipinski definition) is 1. The lowest BCUT2D eigenvalue weighted by atomic mass is 10.0. The van der Waals surface area contributed by atoms with Crippen molar-refractivity contribution in [3.05, 3.63) is 42.9 Å². The molecule has 7 heteroatoms. The monoisotopic (exact) mass is 432 g/mol. The molecule has 2 heterocycles. The molecule has 3 nitrogen and oxygen atoms in total. The minimum Gasteiger partial charge on any atom is -0.380 e. The first-order chi connectivity index (χ1) is 9.58. The molecule has 0 saturated carbocycles. The standard InChI is InChI=1S/C13H7Br2ClN2OS/c14-9-5-7(12(15)20-9)11-10(13(17)18-19-11)6-3-1-2-4-8(6)16/h1-5H,(H2,17,18). The van der Waals surface area contributed by atoms with Gasteiger partial charge in [-0.15, -0.1) is 11.3 Å². The van der Waals surface area contributed by atoms with Crippen LogP contribution in [0.2, 0.25) is 5.02 Å². The minimum absolute atomic E-state index is 0.322. The van der Waals surface area contributed by atoms with E-state index in [1.807, 2.05) is 30.3 Å². The summed E-state index contributed by atoms with van der Waals surface area (Å²) in [4.78, 5) is 0. The Balaban J connectivity index is 2.26. The zero-order chi connectivity index (χ0) is 14.3. The van der Waals surface area contributed by atoms with E-state index < -0.39 is 0 Å². The van der Waals surface area contributed by atoms with Gasteiger partial charge in [0.05, 0.1) is 13.1 Å². The maximum absolute atomic E-state index is 6.25. The van der Waals surface area contributed by atoms with Crippen molar-refractivity contribution in [3.8, 4) is 22.5 Å². The quantitative estimate of drug-likeness (QED) is 0.552. The molecule has 0 amide bonds. The van der Waals surface area contributed by atoms with Gasteiger partial charge < -0.3 is 10.3 Å². The van der Waals surface area contributed by atoms with Crippen molar-refractivity contribution in [2.45, 2.75) is 0 Å². The average molecular weight is 435 g/mol. The predicted molar refractivity (Wildman–Crippen MR) is 90.1 cm³/mol. The highest BCUT2D eigenvalue weighted by molar-refractivity contribution is 9.12. The molecule has 0 aliphatic rings. The van der Waals surface area contributed by atoms with Gasteiger partial charge in [0.2, 0.25) is 0 Å². The van der Waals surface area contributed by atoms with Gasteiger partial charge >= 0.3 is 0 Å². The first-order valence-electron chi connectivity index (χ1n) is 5.53. The second-order valence-corrected chi connectivity index (χ2v) is 8.15. The Kier molecular flexibility index (Phi) is 3.90. The highest BCUT2D eigenvalue weighted by Gasteiger charge is 2.22. The second-order valence-electron chi connectivity index (χ2n) is 3.99. The number of aromatic nitrogens is 1. The van der Waals surface area contributed by atoms with E-state index in [4.69, 9.17) is 21.9 Å². The highest BCUT2D eigenvalue weighted by Crippen LogP contribution is 2.45. The Morgan fingerprint density at radius 3 is 2.60 bits per heavy atom. The smallest absolute Gasteiger partial charge is 0.179 e. The largest absolute Gasteiger partial charge is 0.380 e. The summed E-state index contributed by atoms with van der Waals surface area (Å²) < 4.78 is 7.33. The molecule has 0 atom stereocenters. The van der Waals surface area contributed by atoms with Crippen LogP contribution in [0, 0.1) is 0 Å². The fourth-order valence-corrected chi connectivity index (χ4v) is 4.93. The van der Waals surface area contributed by atoms with Gasteiger partial charge in [0.25, 0.3) is 0 Å². The van der Waals surface area contributed by atoms with Crippen LogP contribution in [0.4, 0.5) is 5.82 Å². The molecule has 3 aromatic rings. The van der Waals surface area contributed by atoms with Gasteiger partial charge in [0.15, 0.2) is 11.6 Å². The molecule has 0 spiro atoms. The van der Waals surface area contributed by atoms with Gasteiger partial charge in [0, 0.05) is 16.1 Å². The molecule has 20 heavy (non-hydrogen) atoms. The first kappa shape index (κ1) is 14.1. The SMILES string of the molecule is Nc1noc(-c2cc(Br)sc2Br)c1-c1ccccc1Cl. The molecule has 0 radical (unpaired) electrons. The molecule has 1 aromatic carbocycles. The van der Waals surface area contributed by atoms with Crippen molar-refractivity contribution in [1.82, 2.24) is 5.16 Å². The fourth-order valence-electron chi connectivity index (χ4n) is 1.91. The van der Waals surface area contributed by atoms with E-state index in [0.717, 1.165) is 18.7 Å². The van der Waals surface area contributed by atoms with Crippen molar-refractivity contribution in [1.29, 1.82) is 0 Å². The van der Waals surface area contributed by atoms with Crippen LogP contribution in [0.5, 0.6) is 0 Å². The van der Waals surface area contributed by atoms with Gasteiger partial charge in [-0.05, 0) is 44.0 Å². The van der Waals surface area contributed by atoms with E-state index in [1.54, 1.807) is 11.3 Å². The molecule has 0 aliphatic carbocycles. The van der Waals surface area contributed by atoms with Crippen LogP contribution in [0.3, 0.4) is 0 Å². The molecule has 0 saturated heterocycles. The number of anilines is 1. The summed E-state index contributed by atoms with van der Waals surface area (Å²) >= 11 is 14.8. The number of benzene rings is 1. The lowest BCUT2D eigenvalue weighted by Gasteiger charge is -2.04. The van der Waals surface area contributed by atoms with Crippen LogP contribution in [0.15, 0.2) is 42.4 Å². The highest BCUT2D eigenvalue weighted by atomic mass is 79.9. The molecule has 0 fully saturated rings. The van der Waals surface area contributed by atoms with Crippen molar-refractivity contribution in [2.75, 3.05) is 5.73 Å². The van der Waals surface area contributed by atoms with Gasteiger partial charge in [-0.25, -0.2) is 0 Å². The number of rotatable bonds is 2. The van der Waals surface area contributed by atoms with E-state index in [0.29, 0.717) is 22.2 Å². The second kappa shape index (κ2) is 5.52. The third-order valence-corrected chi connectivity index (χ3v) is 5.43. The average Bonchev–Trinajstić information content (AvgIpc) is 2.93. The topological polar surface area (TPSA) is 52.0 Å². The lowest BCUT2D eigenvalue weighted by Crippen LogP contribution is -1.89. The van der Waals surface area contributed by atoms with Gasteiger partial charge in [-0.2, -0.15) is 0 Å². The Bertz CT molecular complexity index is 785. The summed E-state index contributed by atoms with van der Waals surface area (Å²) in [5, 5.41) is 4.48. The Labute approximate surface area is 141 Å². The fraction of sp³-hybridized carbons (Fsp3) is 0. The number of halogens is 3. The first-order valence-corrected chi connectivity index (χ1v) is 8.31. The molecule has 102 valence electrons. The summed E-state index contributed by atoms with van der Waals surface area (Å²) in [5.41, 5.74) is 8.35. The van der Waals surface area contributed by atoms with Crippen LogP contribution < -0.4 is 5.73 Å². The molecule has 2 N–H and O–H groups in total. The maximum atomic E-state index is 6.25. The van der Waals surface area contributed by atoms with Crippen LogP contribution in [-0.4, -0.2) is 5.16 Å². The van der Waals surface area contributed by atoms with Gasteiger partial charge in [-0.1, -0.05) is 35.0 Å². The van der Waals surface area contributed by atoms with Crippen LogP contribution in [-0.2, 0) is 0 Å². The van der Waals surface area contributed by atoms with E-state index >= 15 is 0 Å². The number of hydrogen-bond acceptors (Lipinski definition) is 4. The summed E-state index contributed by atoms with van der Waals surface area (Å²) in [6.45, 7) is 0. The lowest BCUT2D eigenvalue weighted by molar-refractivity contribution is 0.436. The predicted octanol–water partition coefficient (Wildman–Crippen LogP) is 5.83. The van der Waals surface area contributed by atoms with E-state index in [2.05, 4.69) is 37.0 Å². The van der Waals surface area contributed by atoms with Crippen molar-refractivity contribution in [2.24, 2.45) is 0 Å². The summed E-state index contributed by atoms with van der Waals surface area (Å²) in [5.74, 6) is 0.923. The molecule has 2 aromatic heterocycles. The molecule has 0 unspecified atom stereocenters. The third-order valence-electron chi connectivity index (χ3n) is 2.76. The van der Waals surface area contributed by atoms with Crippen molar-refractivity contribution >= 4 is 60.6 Å². The Morgan fingerprint density at radius 2 is 1.95 bits per heavy atom. The molecule has 0 aliphatic heterocycles. The molecular formula is C13H7Br2ClN2OS. The molecular weight excluding hydrogens is 427 g/mol. The normalized spacial score (nSPS) is 10.9. The summed E-state index contributed by atoms with van der Waals surface area (Å²) in [6, 6.07) is 9.42. The van der Waals surface area contributed by atoms with Crippen LogP contribution in [0.1, 0.15) is 0 Å². The number of thiophene rings is 1. The molecule has 3 rings (SSSR count). The van der Waals surface area contributed by atoms with Gasteiger partial charge in [-0.3, -0.25) is 0 Å². The van der Waals surface area contributed by atoms with Crippen LogP contribution in [0.25, 0.3) is 22.5 Å². The number of nitrogen functional groups attached to an aromatic ring is 1. The minimum atomic E-state index is 0.322. The third kappa shape index (κ3) is 2.41. The zero-order valence-electron chi connectivity index (χ0n) is 9.86. The van der Waals surface area contributed by atoms with Crippen molar-refractivity contribution in [3.63, 3.8) is 0 Å². The summed E-state index contributed by atoms with van der Waals surface area (Å²) in [7, 11) is 0. The van der Waals surface area contributed by atoms with E-state index in [-0.39, 0.29) is 0 Å². The maximum Gasteiger partial charge on any atom is 0.179 e. The van der Waals surface area contributed by atoms with E-state index in [1.165, 1.54) is 0 Å². The Morgan fingerprint density at radius 1 is 1.20 bits per heavy atom. The zero-order valence-corrected chi connectivity index (χ0v) is 14.6.